The van der Waals surface area contributed by atoms with Crippen LogP contribution in [0.5, 0.6) is 0 Å². The Hall–Kier alpha value is -3.70. The summed E-state index contributed by atoms with van der Waals surface area (Å²) in [7, 11) is 0. The summed E-state index contributed by atoms with van der Waals surface area (Å²) in [4.78, 5) is 10.9. The summed E-state index contributed by atoms with van der Waals surface area (Å²) in [6, 6.07) is 18.4. The van der Waals surface area contributed by atoms with Gasteiger partial charge in [0, 0.05) is 11.5 Å². The molecule has 5 rings (SSSR count). The van der Waals surface area contributed by atoms with Crippen molar-refractivity contribution >= 4 is 45.7 Å². The lowest BCUT2D eigenvalue weighted by atomic mass is 9.72. The van der Waals surface area contributed by atoms with Gasteiger partial charge in [0.2, 0.25) is 0 Å². The highest BCUT2D eigenvalue weighted by Gasteiger charge is 2.29. The third kappa shape index (κ3) is 4.27. The van der Waals surface area contributed by atoms with E-state index in [1.54, 1.807) is 12.1 Å². The standard InChI is InChI=1S/C28H22ClFN2O2/c29-24-15-20(30)12-13-22(24)28(18-3-1-4-18)27(21-5-2-6-25-23(21)16-31-32-25)19-10-7-17(8-11-19)9-14-26(33)34/h2,5-16,18H,1,3-4H2,(H,31,32)(H,33,34)/b14-9+,28-27+. The second kappa shape index (κ2) is 9.27. The number of rotatable bonds is 6. The number of aliphatic carboxylic acids is 1. The minimum atomic E-state index is -0.991. The van der Waals surface area contributed by atoms with Gasteiger partial charge >= 0.3 is 5.97 Å². The van der Waals surface area contributed by atoms with Crippen molar-refractivity contribution in [1.82, 2.24) is 10.2 Å². The number of fused-ring (bicyclic) bond motifs is 1. The van der Waals surface area contributed by atoms with Crippen LogP contribution in [0.2, 0.25) is 5.02 Å². The molecule has 170 valence electrons. The average Bonchev–Trinajstić information content (AvgIpc) is 3.27. The molecule has 34 heavy (non-hydrogen) atoms. The Morgan fingerprint density at radius 3 is 2.56 bits per heavy atom. The summed E-state index contributed by atoms with van der Waals surface area (Å²) in [6.07, 6.45) is 7.71. The SMILES string of the molecule is O=C(O)/C=C/c1ccc(/C(=C(\c2ccc(F)cc2Cl)C2CCC2)c2cccc3[nH]ncc23)cc1. The Morgan fingerprint density at radius 2 is 1.88 bits per heavy atom. The van der Waals surface area contributed by atoms with Gasteiger partial charge in [-0.2, -0.15) is 5.10 Å². The summed E-state index contributed by atoms with van der Waals surface area (Å²) in [6.45, 7) is 0. The van der Waals surface area contributed by atoms with Gasteiger partial charge in [-0.3, -0.25) is 5.10 Å². The number of nitrogens with zero attached hydrogens (tertiary/aromatic N) is 1. The zero-order valence-corrected chi connectivity index (χ0v) is 19.0. The highest BCUT2D eigenvalue weighted by molar-refractivity contribution is 6.33. The van der Waals surface area contributed by atoms with Gasteiger partial charge in [0.15, 0.2) is 0 Å². The van der Waals surface area contributed by atoms with Crippen molar-refractivity contribution in [3.8, 4) is 0 Å². The van der Waals surface area contributed by atoms with Gasteiger partial charge in [0.05, 0.1) is 16.7 Å². The van der Waals surface area contributed by atoms with E-state index in [4.69, 9.17) is 16.7 Å². The highest BCUT2D eigenvalue weighted by atomic mass is 35.5. The maximum atomic E-state index is 13.9. The average molecular weight is 473 g/mol. The number of nitrogens with one attached hydrogen (secondary N) is 1. The van der Waals surface area contributed by atoms with Gasteiger partial charge in [0.1, 0.15) is 5.82 Å². The molecule has 3 aromatic carbocycles. The van der Waals surface area contributed by atoms with Crippen molar-refractivity contribution in [2.75, 3.05) is 0 Å². The number of halogens is 2. The monoisotopic (exact) mass is 472 g/mol. The van der Waals surface area contributed by atoms with Gasteiger partial charge in [0.25, 0.3) is 0 Å². The van der Waals surface area contributed by atoms with Crippen LogP contribution in [0.1, 0.15) is 41.5 Å². The number of benzene rings is 3. The fourth-order valence-electron chi connectivity index (χ4n) is 4.53. The van der Waals surface area contributed by atoms with Gasteiger partial charge in [-0.25, -0.2) is 9.18 Å². The fourth-order valence-corrected chi connectivity index (χ4v) is 4.80. The molecule has 2 N–H and O–H groups in total. The molecule has 6 heteroatoms. The van der Waals surface area contributed by atoms with Gasteiger partial charge < -0.3 is 5.11 Å². The first kappa shape index (κ1) is 22.1. The Bertz CT molecular complexity index is 1430. The first-order valence-corrected chi connectivity index (χ1v) is 11.5. The van der Waals surface area contributed by atoms with Crippen LogP contribution in [0.4, 0.5) is 4.39 Å². The molecule has 1 aromatic heterocycles. The number of carbonyl (C=O) groups is 1. The van der Waals surface area contributed by atoms with E-state index in [1.807, 2.05) is 42.6 Å². The fraction of sp³-hybridized carbons (Fsp3) is 0.143. The van der Waals surface area contributed by atoms with Crippen LogP contribution in [0, 0.1) is 11.7 Å². The number of aromatic amines is 1. The van der Waals surface area contributed by atoms with Gasteiger partial charge in [-0.15, -0.1) is 0 Å². The molecule has 1 heterocycles. The number of aromatic nitrogens is 2. The molecule has 1 fully saturated rings. The van der Waals surface area contributed by atoms with Crippen LogP contribution in [0.25, 0.3) is 28.1 Å². The molecule has 0 saturated heterocycles. The van der Waals surface area contributed by atoms with Crippen molar-refractivity contribution in [3.63, 3.8) is 0 Å². The Balaban J connectivity index is 1.79. The summed E-state index contributed by atoms with van der Waals surface area (Å²) >= 11 is 6.60. The van der Waals surface area contributed by atoms with E-state index < -0.39 is 5.97 Å². The van der Waals surface area contributed by atoms with Crippen LogP contribution < -0.4 is 0 Å². The summed E-state index contributed by atoms with van der Waals surface area (Å²) in [5, 5.41) is 17.6. The van der Waals surface area contributed by atoms with Crippen LogP contribution >= 0.6 is 11.6 Å². The lowest BCUT2D eigenvalue weighted by Crippen LogP contribution is -2.15. The lowest BCUT2D eigenvalue weighted by Gasteiger charge is -2.32. The Morgan fingerprint density at radius 1 is 1.09 bits per heavy atom. The van der Waals surface area contributed by atoms with Crippen molar-refractivity contribution in [2.24, 2.45) is 5.92 Å². The molecule has 4 nitrogen and oxygen atoms in total. The maximum Gasteiger partial charge on any atom is 0.328 e. The normalized spacial score (nSPS) is 14.9. The first-order valence-electron chi connectivity index (χ1n) is 11.1. The zero-order valence-electron chi connectivity index (χ0n) is 18.3. The first-order chi connectivity index (χ1) is 16.5. The molecule has 0 unspecified atom stereocenters. The number of hydrogen-bond donors (Lipinski definition) is 2. The van der Waals surface area contributed by atoms with Crippen LogP contribution in [-0.4, -0.2) is 21.3 Å². The molecule has 0 bridgehead atoms. The number of allylic oxidation sites excluding steroid dienone is 1. The highest BCUT2D eigenvalue weighted by Crippen LogP contribution is 2.47. The number of carboxylic acids is 1. The van der Waals surface area contributed by atoms with E-state index in [0.29, 0.717) is 10.9 Å². The number of carboxylic acid groups (broad SMARTS) is 1. The summed E-state index contributed by atoms with van der Waals surface area (Å²) in [5.74, 6) is -1.06. The molecule has 1 aliphatic rings. The second-order valence-electron chi connectivity index (χ2n) is 8.47. The summed E-state index contributed by atoms with van der Waals surface area (Å²) in [5.41, 5.74) is 6.66. The van der Waals surface area contributed by atoms with Gasteiger partial charge in [-0.1, -0.05) is 60.5 Å². The topological polar surface area (TPSA) is 66.0 Å². The van der Waals surface area contributed by atoms with Crippen molar-refractivity contribution in [2.45, 2.75) is 19.3 Å². The number of H-pyrrole nitrogens is 1. The Labute approximate surface area is 201 Å². The molecule has 0 radical (unpaired) electrons. The van der Waals surface area contributed by atoms with Crippen molar-refractivity contribution in [1.29, 1.82) is 0 Å². The van der Waals surface area contributed by atoms with E-state index in [9.17, 15) is 9.18 Å². The largest absolute Gasteiger partial charge is 0.478 e. The quantitative estimate of drug-likeness (QED) is 0.230. The molecule has 1 aliphatic carbocycles. The minimum Gasteiger partial charge on any atom is -0.478 e. The minimum absolute atomic E-state index is 0.298. The molecule has 0 amide bonds. The van der Waals surface area contributed by atoms with Crippen molar-refractivity contribution in [3.05, 3.63) is 106 Å². The van der Waals surface area contributed by atoms with Gasteiger partial charge in [-0.05, 0) is 76.4 Å². The maximum absolute atomic E-state index is 13.9. The molecule has 0 spiro atoms. The van der Waals surface area contributed by atoms with E-state index in [2.05, 4.69) is 16.3 Å². The van der Waals surface area contributed by atoms with E-state index >= 15 is 0 Å². The predicted octanol–water partition coefficient (Wildman–Crippen LogP) is 7.21. The van der Waals surface area contributed by atoms with E-state index in [0.717, 1.165) is 69.6 Å². The molecule has 0 atom stereocenters. The second-order valence-corrected chi connectivity index (χ2v) is 8.88. The zero-order chi connectivity index (χ0) is 23.7. The molecule has 1 saturated carbocycles. The number of hydrogen-bond acceptors (Lipinski definition) is 2. The smallest absolute Gasteiger partial charge is 0.328 e. The molecule has 0 aliphatic heterocycles. The third-order valence-corrected chi connectivity index (χ3v) is 6.69. The van der Waals surface area contributed by atoms with E-state index in [-0.39, 0.29) is 5.82 Å². The predicted molar refractivity (Wildman–Crippen MR) is 134 cm³/mol. The molecular formula is C28H22ClFN2O2. The Kier molecular flexibility index (Phi) is 6.03. The lowest BCUT2D eigenvalue weighted by molar-refractivity contribution is -0.131. The summed E-state index contributed by atoms with van der Waals surface area (Å²) < 4.78 is 13.9. The molecule has 4 aromatic rings. The van der Waals surface area contributed by atoms with Crippen LogP contribution in [-0.2, 0) is 4.79 Å². The van der Waals surface area contributed by atoms with Crippen LogP contribution in [0.3, 0.4) is 0 Å². The van der Waals surface area contributed by atoms with Crippen LogP contribution in [0.15, 0.2) is 72.9 Å². The molecular weight excluding hydrogens is 451 g/mol. The van der Waals surface area contributed by atoms with Crippen molar-refractivity contribution < 1.29 is 14.3 Å². The third-order valence-electron chi connectivity index (χ3n) is 6.38. The van der Waals surface area contributed by atoms with E-state index in [1.165, 1.54) is 12.1 Å².